The Morgan fingerprint density at radius 2 is 1.96 bits per heavy atom. The van der Waals surface area contributed by atoms with Crippen molar-refractivity contribution in [3.8, 4) is 0 Å². The maximum absolute atomic E-state index is 12.0. The monoisotopic (exact) mass is 384 g/mol. The molecule has 0 heterocycles. The van der Waals surface area contributed by atoms with Gasteiger partial charge in [0, 0.05) is 16.2 Å². The van der Waals surface area contributed by atoms with E-state index in [-0.39, 0.29) is 24.1 Å². The van der Waals surface area contributed by atoms with E-state index in [4.69, 9.17) is 10.5 Å². The lowest BCUT2D eigenvalue weighted by Gasteiger charge is -2.14. The van der Waals surface area contributed by atoms with E-state index in [1.807, 2.05) is 6.92 Å². The minimum absolute atomic E-state index is 0.0656. The van der Waals surface area contributed by atoms with E-state index in [0.717, 1.165) is 23.7 Å². The summed E-state index contributed by atoms with van der Waals surface area (Å²) in [6.07, 6.45) is 3.11. The molecule has 0 aromatic heterocycles. The van der Waals surface area contributed by atoms with Crippen molar-refractivity contribution in [3.05, 3.63) is 28.2 Å². The van der Waals surface area contributed by atoms with Gasteiger partial charge in [0.15, 0.2) is 6.61 Å². The zero-order valence-corrected chi connectivity index (χ0v) is 15.5. The number of amides is 1. The van der Waals surface area contributed by atoms with Crippen LogP contribution in [0.3, 0.4) is 0 Å². The first-order valence-electron chi connectivity index (χ1n) is 7.81. The molecule has 0 radical (unpaired) electrons. The highest BCUT2D eigenvalue weighted by Crippen LogP contribution is 2.19. The van der Waals surface area contributed by atoms with Crippen molar-refractivity contribution in [1.82, 2.24) is 5.32 Å². The van der Waals surface area contributed by atoms with Gasteiger partial charge in [0.25, 0.3) is 5.91 Å². The predicted octanol–water partition coefficient (Wildman–Crippen LogP) is 3.52. The standard InChI is InChI=1S/C17H25BrN2O3/c1-11(2)5-4-6-12(3)20-16(21)10-23-17(22)14-9-13(18)7-8-15(14)19/h7-9,11-12H,4-6,10,19H2,1-3H3,(H,20,21). The highest BCUT2D eigenvalue weighted by atomic mass is 79.9. The van der Waals surface area contributed by atoms with Crippen LogP contribution in [0.5, 0.6) is 0 Å². The van der Waals surface area contributed by atoms with Crippen molar-refractivity contribution in [2.75, 3.05) is 12.3 Å². The fraction of sp³-hybridized carbons (Fsp3) is 0.529. The molecule has 6 heteroatoms. The van der Waals surface area contributed by atoms with Crippen LogP contribution in [0.15, 0.2) is 22.7 Å². The number of hydrogen-bond donors (Lipinski definition) is 2. The summed E-state index contributed by atoms with van der Waals surface area (Å²) in [5.74, 6) is -0.245. The molecule has 128 valence electrons. The molecular formula is C17H25BrN2O3. The zero-order valence-electron chi connectivity index (χ0n) is 13.9. The number of rotatable bonds is 8. The third kappa shape index (κ3) is 7.50. The molecule has 1 aromatic carbocycles. The summed E-state index contributed by atoms with van der Waals surface area (Å²) in [6, 6.07) is 4.98. The second-order valence-corrected chi connectivity index (χ2v) is 7.02. The first kappa shape index (κ1) is 19.5. The van der Waals surface area contributed by atoms with Gasteiger partial charge >= 0.3 is 5.97 Å². The second-order valence-electron chi connectivity index (χ2n) is 6.10. The Morgan fingerprint density at radius 3 is 2.61 bits per heavy atom. The Labute approximate surface area is 146 Å². The van der Waals surface area contributed by atoms with Crippen LogP contribution in [0.2, 0.25) is 0 Å². The van der Waals surface area contributed by atoms with Gasteiger partial charge in [0.1, 0.15) is 0 Å². The Balaban J connectivity index is 2.38. The maximum atomic E-state index is 12.0. The zero-order chi connectivity index (χ0) is 17.4. The Kier molecular flexibility index (Phi) is 8.09. The van der Waals surface area contributed by atoms with Crippen molar-refractivity contribution in [1.29, 1.82) is 0 Å². The van der Waals surface area contributed by atoms with Crippen LogP contribution >= 0.6 is 15.9 Å². The molecule has 0 spiro atoms. The van der Waals surface area contributed by atoms with E-state index in [1.165, 1.54) is 0 Å². The molecule has 5 nitrogen and oxygen atoms in total. The number of halogens is 1. The van der Waals surface area contributed by atoms with Crippen LogP contribution in [-0.4, -0.2) is 24.5 Å². The smallest absolute Gasteiger partial charge is 0.340 e. The molecule has 0 bridgehead atoms. The van der Waals surface area contributed by atoms with Crippen LogP contribution in [0.4, 0.5) is 5.69 Å². The molecule has 0 aliphatic heterocycles. The highest BCUT2D eigenvalue weighted by molar-refractivity contribution is 9.10. The van der Waals surface area contributed by atoms with Gasteiger partial charge in [-0.1, -0.05) is 42.6 Å². The van der Waals surface area contributed by atoms with Crippen LogP contribution in [0.25, 0.3) is 0 Å². The number of nitrogen functional groups attached to an aromatic ring is 1. The topological polar surface area (TPSA) is 81.4 Å². The molecule has 0 saturated carbocycles. The number of esters is 1. The van der Waals surface area contributed by atoms with Gasteiger partial charge in [0.05, 0.1) is 5.56 Å². The summed E-state index contributed by atoms with van der Waals surface area (Å²) in [5, 5.41) is 2.83. The van der Waals surface area contributed by atoms with Crippen molar-refractivity contribution in [3.63, 3.8) is 0 Å². The molecule has 1 atom stereocenters. The van der Waals surface area contributed by atoms with Gasteiger partial charge in [-0.2, -0.15) is 0 Å². The number of carbonyl (C=O) groups excluding carboxylic acids is 2. The van der Waals surface area contributed by atoms with Gasteiger partial charge in [0.2, 0.25) is 0 Å². The molecule has 1 aromatic rings. The second kappa shape index (κ2) is 9.55. The first-order chi connectivity index (χ1) is 10.8. The average Bonchev–Trinajstić information content (AvgIpc) is 2.46. The SMILES string of the molecule is CC(C)CCCC(C)NC(=O)COC(=O)c1cc(Br)ccc1N. The average molecular weight is 385 g/mol. The molecule has 23 heavy (non-hydrogen) atoms. The minimum Gasteiger partial charge on any atom is -0.452 e. The lowest BCUT2D eigenvalue weighted by atomic mass is 10.0. The molecule has 0 aliphatic carbocycles. The lowest BCUT2D eigenvalue weighted by molar-refractivity contribution is -0.124. The molecule has 3 N–H and O–H groups in total. The van der Waals surface area contributed by atoms with Crippen LogP contribution in [0.1, 0.15) is 50.4 Å². The van der Waals surface area contributed by atoms with E-state index in [9.17, 15) is 9.59 Å². The van der Waals surface area contributed by atoms with Crippen molar-refractivity contribution in [2.45, 2.75) is 46.1 Å². The van der Waals surface area contributed by atoms with E-state index in [1.54, 1.807) is 18.2 Å². The van der Waals surface area contributed by atoms with E-state index in [2.05, 4.69) is 35.1 Å². The lowest BCUT2D eigenvalue weighted by Crippen LogP contribution is -2.35. The number of hydrogen-bond acceptors (Lipinski definition) is 4. The van der Waals surface area contributed by atoms with Crippen molar-refractivity contribution < 1.29 is 14.3 Å². The molecule has 1 unspecified atom stereocenters. The summed E-state index contributed by atoms with van der Waals surface area (Å²) in [5.41, 5.74) is 6.30. The highest BCUT2D eigenvalue weighted by Gasteiger charge is 2.15. The normalized spacial score (nSPS) is 12.0. The van der Waals surface area contributed by atoms with Crippen molar-refractivity contribution in [2.24, 2.45) is 5.92 Å². The summed E-state index contributed by atoms with van der Waals surface area (Å²) in [7, 11) is 0. The summed E-state index contributed by atoms with van der Waals surface area (Å²) < 4.78 is 5.74. The summed E-state index contributed by atoms with van der Waals surface area (Å²) >= 11 is 3.27. The predicted molar refractivity (Wildman–Crippen MR) is 95.1 cm³/mol. The third-order valence-electron chi connectivity index (χ3n) is 3.40. The van der Waals surface area contributed by atoms with Crippen LogP contribution in [0, 0.1) is 5.92 Å². The minimum atomic E-state index is -0.605. The van der Waals surface area contributed by atoms with Gasteiger partial charge in [-0.25, -0.2) is 4.79 Å². The molecule has 1 rings (SSSR count). The maximum Gasteiger partial charge on any atom is 0.340 e. The van der Waals surface area contributed by atoms with E-state index >= 15 is 0 Å². The Bertz CT molecular complexity index is 547. The van der Waals surface area contributed by atoms with Gasteiger partial charge in [-0.15, -0.1) is 0 Å². The van der Waals surface area contributed by atoms with E-state index in [0.29, 0.717) is 11.6 Å². The van der Waals surface area contributed by atoms with Gasteiger partial charge < -0.3 is 15.8 Å². The number of benzene rings is 1. The number of nitrogens with one attached hydrogen (secondary N) is 1. The van der Waals surface area contributed by atoms with Crippen molar-refractivity contribution >= 4 is 33.5 Å². The largest absolute Gasteiger partial charge is 0.452 e. The number of anilines is 1. The molecular weight excluding hydrogens is 360 g/mol. The Morgan fingerprint density at radius 1 is 1.26 bits per heavy atom. The fourth-order valence-corrected chi connectivity index (χ4v) is 2.50. The third-order valence-corrected chi connectivity index (χ3v) is 3.89. The van der Waals surface area contributed by atoms with Crippen LogP contribution in [-0.2, 0) is 9.53 Å². The summed E-state index contributed by atoms with van der Waals surface area (Å²) in [4.78, 5) is 23.8. The van der Waals surface area contributed by atoms with Gasteiger partial charge in [-0.3, -0.25) is 4.79 Å². The van der Waals surface area contributed by atoms with Gasteiger partial charge in [-0.05, 0) is 37.5 Å². The summed E-state index contributed by atoms with van der Waals surface area (Å²) in [6.45, 7) is 6.00. The first-order valence-corrected chi connectivity index (χ1v) is 8.60. The molecule has 0 fully saturated rings. The molecule has 1 amide bonds. The fourth-order valence-electron chi connectivity index (χ4n) is 2.14. The molecule has 0 aliphatic rings. The molecule has 0 saturated heterocycles. The van der Waals surface area contributed by atoms with Crippen LogP contribution < -0.4 is 11.1 Å². The number of carbonyl (C=O) groups is 2. The number of nitrogens with two attached hydrogens (primary N) is 1. The number of ether oxygens (including phenoxy) is 1. The van der Waals surface area contributed by atoms with E-state index < -0.39 is 5.97 Å². The quantitative estimate of drug-likeness (QED) is 0.530. The Hall–Kier alpha value is -1.56.